The third-order valence-corrected chi connectivity index (χ3v) is 3.34. The van der Waals surface area contributed by atoms with Crippen LogP contribution in [0.1, 0.15) is 24.6 Å². The minimum atomic E-state index is 0.394. The molecular weight excluding hydrogens is 240 g/mol. The van der Waals surface area contributed by atoms with Crippen LogP contribution >= 0.6 is 0 Å². The maximum atomic E-state index is 4.57. The van der Waals surface area contributed by atoms with Crippen LogP contribution in [0.15, 0.2) is 30.9 Å². The normalized spacial score (nSPS) is 19.5. The number of rotatable bonds is 3. The van der Waals surface area contributed by atoms with Crippen molar-refractivity contribution in [1.29, 1.82) is 0 Å². The summed E-state index contributed by atoms with van der Waals surface area (Å²) in [6.45, 7) is 1.13. The fraction of sp³-hybridized carbons (Fsp3) is 0.385. The van der Waals surface area contributed by atoms with Gasteiger partial charge in [0.05, 0.1) is 17.9 Å². The van der Waals surface area contributed by atoms with Crippen molar-refractivity contribution in [3.8, 4) is 0 Å². The zero-order valence-electron chi connectivity index (χ0n) is 10.8. The fourth-order valence-electron chi connectivity index (χ4n) is 2.38. The lowest BCUT2D eigenvalue weighted by Gasteiger charge is -2.18. The van der Waals surface area contributed by atoms with Crippen molar-refractivity contribution >= 4 is 11.8 Å². The van der Waals surface area contributed by atoms with E-state index in [9.17, 15) is 0 Å². The Kier molecular flexibility index (Phi) is 3.33. The second kappa shape index (κ2) is 5.27. The van der Waals surface area contributed by atoms with E-state index in [4.69, 9.17) is 0 Å². The number of aromatic nitrogens is 4. The lowest BCUT2D eigenvalue weighted by atomic mass is 10.1. The molecule has 0 unspecified atom stereocenters. The summed E-state index contributed by atoms with van der Waals surface area (Å²) in [6, 6.07) is 2.37. The Balaban J connectivity index is 1.80. The van der Waals surface area contributed by atoms with Crippen LogP contribution in [0.5, 0.6) is 0 Å². The van der Waals surface area contributed by atoms with Crippen LogP contribution in [-0.4, -0.2) is 38.4 Å². The number of likely N-dealkylation sites (tertiary alicyclic amines) is 1. The molecule has 19 heavy (non-hydrogen) atoms. The first-order valence-corrected chi connectivity index (χ1v) is 6.39. The van der Waals surface area contributed by atoms with Gasteiger partial charge in [0, 0.05) is 18.6 Å². The van der Waals surface area contributed by atoms with Crippen LogP contribution in [0.2, 0.25) is 0 Å². The van der Waals surface area contributed by atoms with Crippen molar-refractivity contribution in [2.75, 3.05) is 18.9 Å². The average Bonchev–Trinajstić information content (AvgIpc) is 2.86. The molecule has 0 spiro atoms. The average molecular weight is 256 g/mol. The Morgan fingerprint density at radius 2 is 2.21 bits per heavy atom. The first kappa shape index (κ1) is 12.0. The number of nitrogens with one attached hydrogen (secondary N) is 1. The second-order valence-electron chi connectivity index (χ2n) is 4.66. The molecule has 1 fully saturated rings. The summed E-state index contributed by atoms with van der Waals surface area (Å²) in [7, 11) is 2.13. The molecule has 1 N–H and O–H groups in total. The summed E-state index contributed by atoms with van der Waals surface area (Å²) in [5, 5.41) is 3.07. The van der Waals surface area contributed by atoms with Gasteiger partial charge >= 0.3 is 0 Å². The smallest absolute Gasteiger partial charge is 0.228 e. The monoisotopic (exact) mass is 256 g/mol. The number of nitrogens with zero attached hydrogens (tertiary/aromatic N) is 5. The Bertz CT molecular complexity index is 544. The van der Waals surface area contributed by atoms with E-state index in [-0.39, 0.29) is 0 Å². The van der Waals surface area contributed by atoms with Crippen LogP contribution < -0.4 is 5.32 Å². The zero-order valence-corrected chi connectivity index (χ0v) is 10.8. The quantitative estimate of drug-likeness (QED) is 0.903. The Labute approximate surface area is 111 Å². The van der Waals surface area contributed by atoms with Crippen LogP contribution in [0.25, 0.3) is 0 Å². The summed E-state index contributed by atoms with van der Waals surface area (Å²) in [4.78, 5) is 19.3. The molecule has 0 amide bonds. The lowest BCUT2D eigenvalue weighted by Crippen LogP contribution is -2.18. The van der Waals surface area contributed by atoms with Crippen molar-refractivity contribution < 1.29 is 0 Å². The van der Waals surface area contributed by atoms with Crippen molar-refractivity contribution in [1.82, 2.24) is 24.8 Å². The molecule has 6 nitrogen and oxygen atoms in total. The Morgan fingerprint density at radius 3 is 2.95 bits per heavy atom. The molecule has 3 rings (SSSR count). The van der Waals surface area contributed by atoms with Gasteiger partial charge in [-0.1, -0.05) is 0 Å². The van der Waals surface area contributed by atoms with E-state index < -0.39 is 0 Å². The number of hydrogen-bond acceptors (Lipinski definition) is 6. The van der Waals surface area contributed by atoms with Gasteiger partial charge in [-0.3, -0.25) is 9.88 Å². The van der Waals surface area contributed by atoms with E-state index in [1.165, 1.54) is 6.42 Å². The molecule has 6 heteroatoms. The van der Waals surface area contributed by atoms with E-state index in [0.717, 1.165) is 18.7 Å². The molecule has 98 valence electrons. The topological polar surface area (TPSA) is 66.8 Å². The predicted molar refractivity (Wildman–Crippen MR) is 72.0 cm³/mol. The molecule has 0 radical (unpaired) electrons. The molecule has 1 atom stereocenters. The van der Waals surface area contributed by atoms with Gasteiger partial charge in [-0.15, -0.1) is 0 Å². The van der Waals surface area contributed by atoms with E-state index in [2.05, 4.69) is 37.2 Å². The highest BCUT2D eigenvalue weighted by Crippen LogP contribution is 2.29. The van der Waals surface area contributed by atoms with Crippen molar-refractivity contribution in [2.45, 2.75) is 18.9 Å². The summed E-state index contributed by atoms with van der Waals surface area (Å²) in [5.74, 6) is 1.22. The highest BCUT2D eigenvalue weighted by molar-refractivity contribution is 5.45. The van der Waals surface area contributed by atoms with E-state index in [0.29, 0.717) is 17.8 Å². The van der Waals surface area contributed by atoms with Crippen molar-refractivity contribution in [2.24, 2.45) is 0 Å². The van der Waals surface area contributed by atoms with Gasteiger partial charge in [0.25, 0.3) is 0 Å². The van der Waals surface area contributed by atoms with E-state index in [1.807, 2.05) is 6.07 Å². The third-order valence-electron chi connectivity index (χ3n) is 3.34. The molecule has 1 aliphatic heterocycles. The fourth-order valence-corrected chi connectivity index (χ4v) is 2.38. The van der Waals surface area contributed by atoms with Gasteiger partial charge in [-0.25, -0.2) is 15.0 Å². The highest BCUT2D eigenvalue weighted by atomic mass is 15.2. The molecular formula is C13H16N6. The van der Waals surface area contributed by atoms with Crippen molar-refractivity contribution in [3.63, 3.8) is 0 Å². The second-order valence-corrected chi connectivity index (χ2v) is 4.66. The molecule has 1 saturated heterocycles. The van der Waals surface area contributed by atoms with E-state index in [1.54, 1.807) is 24.8 Å². The maximum Gasteiger partial charge on any atom is 0.228 e. The maximum absolute atomic E-state index is 4.57. The lowest BCUT2D eigenvalue weighted by molar-refractivity contribution is 0.312. The summed E-state index contributed by atoms with van der Waals surface area (Å²) < 4.78 is 0. The molecule has 1 aliphatic rings. The standard InChI is InChI=1S/C13H16N6/c1-19-8-2-3-11(19)10-4-5-16-13(17-10)18-12-9-14-6-7-15-12/h4-7,9,11H,2-3,8H2,1H3,(H,15,16,17,18)/t11-/m1/s1. The minimum absolute atomic E-state index is 0.394. The minimum Gasteiger partial charge on any atom is -0.307 e. The zero-order chi connectivity index (χ0) is 13.1. The van der Waals surface area contributed by atoms with Crippen LogP contribution in [0, 0.1) is 0 Å². The third kappa shape index (κ3) is 2.68. The summed E-state index contributed by atoms with van der Waals surface area (Å²) in [5.41, 5.74) is 1.06. The van der Waals surface area contributed by atoms with Crippen molar-refractivity contribution in [3.05, 3.63) is 36.5 Å². The van der Waals surface area contributed by atoms with E-state index >= 15 is 0 Å². The summed E-state index contributed by atoms with van der Waals surface area (Å²) >= 11 is 0. The summed E-state index contributed by atoms with van der Waals surface area (Å²) in [6.07, 6.45) is 9.08. The predicted octanol–water partition coefficient (Wildman–Crippen LogP) is 1.78. The van der Waals surface area contributed by atoms with Crippen LogP contribution in [-0.2, 0) is 0 Å². The highest BCUT2D eigenvalue weighted by Gasteiger charge is 2.23. The largest absolute Gasteiger partial charge is 0.307 e. The molecule has 0 saturated carbocycles. The SMILES string of the molecule is CN1CCC[C@@H]1c1ccnc(Nc2cnccn2)n1. The van der Waals surface area contributed by atoms with Crippen LogP contribution in [0.3, 0.4) is 0 Å². The van der Waals surface area contributed by atoms with Gasteiger partial charge in [-0.05, 0) is 32.5 Å². The molecule has 2 aromatic rings. The number of anilines is 2. The van der Waals surface area contributed by atoms with Crippen LogP contribution in [0.4, 0.5) is 11.8 Å². The van der Waals surface area contributed by atoms with Gasteiger partial charge in [-0.2, -0.15) is 0 Å². The molecule has 0 aromatic carbocycles. The molecule has 2 aromatic heterocycles. The van der Waals surface area contributed by atoms with Gasteiger partial charge in [0.2, 0.25) is 5.95 Å². The number of hydrogen-bond donors (Lipinski definition) is 1. The molecule has 3 heterocycles. The van der Waals surface area contributed by atoms with Gasteiger partial charge < -0.3 is 5.32 Å². The van der Waals surface area contributed by atoms with Gasteiger partial charge in [0.15, 0.2) is 5.82 Å². The Hall–Kier alpha value is -2.08. The molecule has 0 bridgehead atoms. The first-order valence-electron chi connectivity index (χ1n) is 6.39. The molecule has 0 aliphatic carbocycles. The first-order chi connectivity index (χ1) is 9.33. The Morgan fingerprint density at radius 1 is 1.26 bits per heavy atom. The van der Waals surface area contributed by atoms with Gasteiger partial charge in [0.1, 0.15) is 0 Å².